The van der Waals surface area contributed by atoms with Crippen LogP contribution in [-0.2, 0) is 32.7 Å². The van der Waals surface area contributed by atoms with Crippen molar-refractivity contribution < 1.29 is 47.0 Å². The SMILES string of the molecule is CCCCCCCCCCCCCC(=O)OC[C@H](COP(=O)([O-])OCC[N+](C)(C)C)OC(=O)CCCCCCCCCCCNc1ccc(N=[N+]=[N-])cc1[N+](=O)[O-]. The van der Waals surface area contributed by atoms with E-state index in [1.807, 2.05) is 21.1 Å². The molecule has 1 rings (SSSR count). The zero-order valence-corrected chi connectivity index (χ0v) is 36.1. The van der Waals surface area contributed by atoms with Crippen molar-refractivity contribution in [1.29, 1.82) is 0 Å². The van der Waals surface area contributed by atoms with Crippen LogP contribution in [0.2, 0.25) is 0 Å². The molecule has 0 amide bonds. The number of likely N-dealkylation sites (N-methyl/N-ethyl adjacent to an activating group) is 1. The number of phosphoric acid groups is 1. The lowest BCUT2D eigenvalue weighted by Crippen LogP contribution is -2.37. The van der Waals surface area contributed by atoms with E-state index in [2.05, 4.69) is 22.3 Å². The van der Waals surface area contributed by atoms with E-state index in [0.717, 1.165) is 70.6 Å². The summed E-state index contributed by atoms with van der Waals surface area (Å²) in [6.45, 7) is 2.38. The Morgan fingerprint density at radius 2 is 1.35 bits per heavy atom. The third kappa shape index (κ3) is 29.6. The summed E-state index contributed by atoms with van der Waals surface area (Å²) in [6.07, 6.45) is 20.5. The number of nitrogens with zero attached hydrogens (tertiary/aromatic N) is 5. The molecule has 57 heavy (non-hydrogen) atoms. The molecule has 326 valence electrons. The average molecular weight is 827 g/mol. The number of nitro benzene ring substituents is 1. The van der Waals surface area contributed by atoms with Gasteiger partial charge >= 0.3 is 11.9 Å². The molecule has 0 spiro atoms. The van der Waals surface area contributed by atoms with Gasteiger partial charge in [0.15, 0.2) is 6.10 Å². The van der Waals surface area contributed by atoms with Gasteiger partial charge < -0.3 is 33.2 Å². The Bertz CT molecular complexity index is 1370. The lowest BCUT2D eigenvalue weighted by molar-refractivity contribution is -0.870. The molecule has 0 aliphatic heterocycles. The maximum absolute atomic E-state index is 12.7. The lowest BCUT2D eigenvalue weighted by atomic mass is 10.1. The predicted octanol–water partition coefficient (Wildman–Crippen LogP) is 10.2. The summed E-state index contributed by atoms with van der Waals surface area (Å²) in [5.74, 6) is -0.933. The van der Waals surface area contributed by atoms with Crippen molar-refractivity contribution in [2.45, 2.75) is 154 Å². The van der Waals surface area contributed by atoms with Crippen LogP contribution in [-0.4, -0.2) is 81.5 Å². The highest BCUT2D eigenvalue weighted by atomic mass is 31.2. The van der Waals surface area contributed by atoms with Crippen LogP contribution in [0.5, 0.6) is 0 Å². The largest absolute Gasteiger partial charge is 0.756 e. The molecule has 0 heterocycles. The Labute approximate surface area is 340 Å². The summed E-state index contributed by atoms with van der Waals surface area (Å²) >= 11 is 0. The molecule has 1 N–H and O–H groups in total. The molecule has 0 aromatic heterocycles. The van der Waals surface area contributed by atoms with Crippen LogP contribution in [0.3, 0.4) is 0 Å². The fraction of sp³-hybridized carbons (Fsp3) is 0.800. The van der Waals surface area contributed by atoms with Gasteiger partial charge in [0.2, 0.25) is 0 Å². The number of hydrogen-bond donors (Lipinski definition) is 1. The quantitative estimate of drug-likeness (QED) is 0.00766. The molecule has 0 aliphatic rings. The average Bonchev–Trinajstić information content (AvgIpc) is 3.15. The smallest absolute Gasteiger partial charge is 0.306 e. The number of nitrogens with one attached hydrogen (secondary N) is 1. The Kier molecular flexibility index (Phi) is 28.8. The molecule has 16 nitrogen and oxygen atoms in total. The molecular weight excluding hydrogens is 755 g/mol. The summed E-state index contributed by atoms with van der Waals surface area (Å²) < 4.78 is 33.7. The highest BCUT2D eigenvalue weighted by Crippen LogP contribution is 2.38. The van der Waals surface area contributed by atoms with Crippen molar-refractivity contribution in [2.75, 3.05) is 59.4 Å². The molecule has 0 fully saturated rings. The highest BCUT2D eigenvalue weighted by molar-refractivity contribution is 7.45. The first kappa shape index (κ1) is 51.8. The Hall–Kier alpha value is -3.26. The van der Waals surface area contributed by atoms with Crippen molar-refractivity contribution in [3.05, 3.63) is 38.8 Å². The van der Waals surface area contributed by atoms with E-state index >= 15 is 0 Å². The number of carbonyl (C=O) groups excluding carboxylic acids is 2. The number of rotatable bonds is 37. The van der Waals surface area contributed by atoms with Crippen LogP contribution in [0, 0.1) is 10.1 Å². The summed E-state index contributed by atoms with van der Waals surface area (Å²) in [5.41, 5.74) is 9.00. The third-order valence-electron chi connectivity index (χ3n) is 9.35. The van der Waals surface area contributed by atoms with E-state index in [1.54, 1.807) is 6.07 Å². The molecular formula is C40H71N6O10P. The van der Waals surface area contributed by atoms with Gasteiger partial charge in [-0.2, -0.15) is 0 Å². The fourth-order valence-electron chi connectivity index (χ4n) is 5.98. The van der Waals surface area contributed by atoms with Crippen LogP contribution in [0.15, 0.2) is 23.3 Å². The number of quaternary nitrogens is 1. The fourth-order valence-corrected chi connectivity index (χ4v) is 6.71. The first-order chi connectivity index (χ1) is 27.3. The maximum Gasteiger partial charge on any atom is 0.306 e. The zero-order chi connectivity index (χ0) is 42.2. The van der Waals surface area contributed by atoms with Gasteiger partial charge in [0, 0.05) is 36.1 Å². The van der Waals surface area contributed by atoms with Crippen molar-refractivity contribution >= 4 is 36.8 Å². The second-order valence-corrected chi connectivity index (χ2v) is 17.1. The second-order valence-electron chi connectivity index (χ2n) is 15.7. The number of ether oxygens (including phenoxy) is 2. The maximum atomic E-state index is 12.7. The van der Waals surface area contributed by atoms with Gasteiger partial charge in [-0.25, -0.2) is 0 Å². The number of unbranched alkanes of at least 4 members (excludes halogenated alkanes) is 18. The van der Waals surface area contributed by atoms with E-state index in [4.69, 9.17) is 24.1 Å². The predicted molar refractivity (Wildman–Crippen MR) is 221 cm³/mol. The van der Waals surface area contributed by atoms with E-state index in [9.17, 15) is 29.2 Å². The molecule has 1 unspecified atom stereocenters. The van der Waals surface area contributed by atoms with Gasteiger partial charge in [0.25, 0.3) is 13.5 Å². The van der Waals surface area contributed by atoms with E-state index in [-0.39, 0.29) is 37.4 Å². The van der Waals surface area contributed by atoms with Crippen molar-refractivity contribution in [1.82, 2.24) is 0 Å². The van der Waals surface area contributed by atoms with Gasteiger partial charge in [0.05, 0.1) is 32.7 Å². The second kappa shape index (κ2) is 31.7. The molecule has 0 bridgehead atoms. The Morgan fingerprint density at radius 1 is 0.825 bits per heavy atom. The summed E-state index contributed by atoms with van der Waals surface area (Å²) in [5, 5.41) is 17.9. The number of nitro groups is 1. The van der Waals surface area contributed by atoms with Crippen LogP contribution < -0.4 is 10.2 Å². The van der Waals surface area contributed by atoms with Crippen LogP contribution >= 0.6 is 7.82 Å². The number of phosphoric ester groups is 1. The molecule has 1 aromatic rings. The van der Waals surface area contributed by atoms with Crippen molar-refractivity contribution in [3.8, 4) is 0 Å². The minimum Gasteiger partial charge on any atom is -0.756 e. The van der Waals surface area contributed by atoms with Crippen molar-refractivity contribution in [2.24, 2.45) is 5.11 Å². The Morgan fingerprint density at radius 3 is 1.88 bits per heavy atom. The van der Waals surface area contributed by atoms with E-state index < -0.39 is 37.4 Å². The minimum absolute atomic E-state index is 0.0624. The minimum atomic E-state index is -4.66. The van der Waals surface area contributed by atoms with Crippen LogP contribution in [0.4, 0.5) is 17.1 Å². The molecule has 0 saturated carbocycles. The van der Waals surface area contributed by atoms with E-state index in [1.165, 1.54) is 57.1 Å². The number of azide groups is 1. The first-order valence-electron chi connectivity index (χ1n) is 21.1. The third-order valence-corrected chi connectivity index (χ3v) is 10.3. The highest BCUT2D eigenvalue weighted by Gasteiger charge is 2.22. The number of hydrogen-bond acceptors (Lipinski definition) is 12. The van der Waals surface area contributed by atoms with Crippen molar-refractivity contribution in [3.63, 3.8) is 0 Å². The number of anilines is 1. The Balaban J connectivity index is 2.33. The molecule has 2 atom stereocenters. The van der Waals surface area contributed by atoms with Gasteiger partial charge in [-0.3, -0.25) is 24.3 Å². The first-order valence-corrected chi connectivity index (χ1v) is 22.6. The normalized spacial score (nSPS) is 13.0. The standard InChI is InChI=1S/C40H71N6O10P/c1-5-6-7-8-9-10-11-13-16-19-22-25-39(47)53-33-36(34-55-57(51,52)54-31-30-46(2,3)4)56-40(48)26-23-20-17-14-12-15-18-21-24-29-42-37-28-27-35(43-44-41)32-38(37)45(49)50/h27-28,32,36,42H,5-26,29-31,33-34H2,1-4H3/t36-/m1/s1. The van der Waals surface area contributed by atoms with Gasteiger partial charge in [0.1, 0.15) is 25.4 Å². The topological polar surface area (TPSA) is 215 Å². The van der Waals surface area contributed by atoms with Crippen LogP contribution in [0.1, 0.15) is 148 Å². The van der Waals surface area contributed by atoms with E-state index in [0.29, 0.717) is 36.1 Å². The van der Waals surface area contributed by atoms with Crippen LogP contribution in [0.25, 0.3) is 10.4 Å². The summed E-state index contributed by atoms with van der Waals surface area (Å²) in [7, 11) is 1.05. The number of esters is 2. The molecule has 0 aliphatic carbocycles. The number of carbonyl (C=O) groups is 2. The molecule has 1 aromatic carbocycles. The molecule has 0 radical (unpaired) electrons. The summed E-state index contributed by atoms with van der Waals surface area (Å²) in [6, 6.07) is 4.33. The molecule has 17 heteroatoms. The van der Waals surface area contributed by atoms with Gasteiger partial charge in [-0.05, 0) is 30.9 Å². The molecule has 0 saturated heterocycles. The lowest BCUT2D eigenvalue weighted by Gasteiger charge is -2.28. The summed E-state index contributed by atoms with van der Waals surface area (Å²) in [4.78, 5) is 51.0. The monoisotopic (exact) mass is 826 g/mol. The zero-order valence-electron chi connectivity index (χ0n) is 35.2. The number of benzene rings is 1. The van der Waals surface area contributed by atoms with Gasteiger partial charge in [-0.1, -0.05) is 127 Å². The van der Waals surface area contributed by atoms with Gasteiger partial charge in [-0.15, -0.1) is 0 Å².